The van der Waals surface area contributed by atoms with Crippen LogP contribution in [0.15, 0.2) is 22.6 Å². The zero-order chi connectivity index (χ0) is 14.3. The number of anilines is 2. The van der Waals surface area contributed by atoms with Gasteiger partial charge in [-0.05, 0) is 26.0 Å². The monoisotopic (exact) mass is 283 g/mol. The number of rotatable bonds is 4. The highest BCUT2D eigenvalue weighted by Gasteiger charge is 2.30. The van der Waals surface area contributed by atoms with E-state index in [-0.39, 0.29) is 12.6 Å². The lowest BCUT2D eigenvalue weighted by atomic mass is 10.2. The molecule has 0 amide bonds. The molecule has 2 rings (SSSR count). The van der Waals surface area contributed by atoms with Gasteiger partial charge in [0.05, 0.1) is 10.4 Å². The van der Waals surface area contributed by atoms with Crippen LogP contribution < -0.4 is 11.1 Å². The Morgan fingerprint density at radius 3 is 2.68 bits per heavy atom. The molecular formula is C12H17N3O3S. The van der Waals surface area contributed by atoms with Gasteiger partial charge < -0.3 is 15.5 Å². The summed E-state index contributed by atoms with van der Waals surface area (Å²) >= 11 is 0. The quantitative estimate of drug-likeness (QED) is 0.828. The van der Waals surface area contributed by atoms with E-state index in [9.17, 15) is 8.42 Å². The minimum Gasteiger partial charge on any atom is -0.423 e. The van der Waals surface area contributed by atoms with Gasteiger partial charge in [0.25, 0.3) is 6.01 Å². The molecule has 0 saturated carbocycles. The van der Waals surface area contributed by atoms with Crippen molar-refractivity contribution in [2.45, 2.75) is 18.6 Å². The Bertz CT molecular complexity index is 704. The van der Waals surface area contributed by atoms with Crippen LogP contribution in [0.25, 0.3) is 11.1 Å². The summed E-state index contributed by atoms with van der Waals surface area (Å²) in [7, 11) is -3.17. The van der Waals surface area contributed by atoms with Gasteiger partial charge in [0.2, 0.25) is 0 Å². The van der Waals surface area contributed by atoms with Crippen LogP contribution in [0.5, 0.6) is 0 Å². The number of benzene rings is 1. The molecule has 0 atom stereocenters. The van der Waals surface area contributed by atoms with Crippen molar-refractivity contribution in [3.8, 4) is 0 Å². The van der Waals surface area contributed by atoms with E-state index in [1.165, 1.54) is 6.26 Å². The number of nitrogens with zero attached hydrogens (tertiary/aromatic N) is 1. The minimum atomic E-state index is -3.17. The second kappa shape index (κ2) is 4.41. The molecule has 0 aliphatic carbocycles. The zero-order valence-corrected chi connectivity index (χ0v) is 11.9. The van der Waals surface area contributed by atoms with Gasteiger partial charge in [-0.2, -0.15) is 4.98 Å². The van der Waals surface area contributed by atoms with E-state index in [1.807, 2.05) is 0 Å². The standard InChI is InChI=1S/C12H17N3O3S/c1-12(2,19(3,16)17)7-14-11-15-10-8(13)5-4-6-9(10)18-11/h4-6H,7,13H2,1-3H3,(H,14,15). The number of nitrogens with two attached hydrogens (primary N) is 1. The molecule has 19 heavy (non-hydrogen) atoms. The molecule has 0 fully saturated rings. The maximum atomic E-state index is 11.6. The number of oxazole rings is 1. The molecule has 104 valence electrons. The second-order valence-electron chi connectivity index (χ2n) is 5.10. The van der Waals surface area contributed by atoms with Crippen LogP contribution in [0.1, 0.15) is 13.8 Å². The first-order chi connectivity index (χ1) is 8.71. The molecule has 1 heterocycles. The van der Waals surface area contributed by atoms with E-state index >= 15 is 0 Å². The molecule has 0 unspecified atom stereocenters. The fourth-order valence-corrected chi connectivity index (χ4v) is 1.80. The van der Waals surface area contributed by atoms with Crippen molar-refractivity contribution in [3.05, 3.63) is 18.2 Å². The summed E-state index contributed by atoms with van der Waals surface area (Å²) in [5.41, 5.74) is 7.44. The molecule has 2 aromatic rings. The highest BCUT2D eigenvalue weighted by molar-refractivity contribution is 7.92. The molecule has 1 aromatic carbocycles. The van der Waals surface area contributed by atoms with Gasteiger partial charge in [-0.15, -0.1) is 0 Å². The lowest BCUT2D eigenvalue weighted by Gasteiger charge is -2.21. The number of hydrogen-bond donors (Lipinski definition) is 2. The van der Waals surface area contributed by atoms with Crippen molar-refractivity contribution in [2.75, 3.05) is 23.9 Å². The largest absolute Gasteiger partial charge is 0.423 e. The van der Waals surface area contributed by atoms with Gasteiger partial charge in [-0.3, -0.25) is 0 Å². The maximum Gasteiger partial charge on any atom is 0.295 e. The molecule has 0 aliphatic rings. The van der Waals surface area contributed by atoms with Crippen LogP contribution in [0, 0.1) is 0 Å². The highest BCUT2D eigenvalue weighted by atomic mass is 32.2. The average molecular weight is 283 g/mol. The van der Waals surface area contributed by atoms with Crippen molar-refractivity contribution < 1.29 is 12.8 Å². The lowest BCUT2D eigenvalue weighted by molar-refractivity contribution is 0.553. The van der Waals surface area contributed by atoms with E-state index in [2.05, 4.69) is 10.3 Å². The topological polar surface area (TPSA) is 98.2 Å². The number of aromatic nitrogens is 1. The maximum absolute atomic E-state index is 11.6. The number of fused-ring (bicyclic) bond motifs is 1. The predicted octanol–water partition coefficient (Wildman–Crippen LogP) is 1.65. The lowest BCUT2D eigenvalue weighted by Crippen LogP contribution is -2.38. The van der Waals surface area contributed by atoms with E-state index in [0.717, 1.165) is 0 Å². The summed E-state index contributed by atoms with van der Waals surface area (Å²) in [5, 5.41) is 2.90. The molecule has 0 bridgehead atoms. The van der Waals surface area contributed by atoms with E-state index in [1.54, 1.807) is 32.0 Å². The smallest absolute Gasteiger partial charge is 0.295 e. The van der Waals surface area contributed by atoms with Gasteiger partial charge in [0, 0.05) is 12.8 Å². The zero-order valence-electron chi connectivity index (χ0n) is 11.1. The number of sulfone groups is 1. The van der Waals surface area contributed by atoms with Crippen molar-refractivity contribution in [3.63, 3.8) is 0 Å². The Kier molecular flexibility index (Phi) is 3.17. The summed E-state index contributed by atoms with van der Waals surface area (Å²) in [6.45, 7) is 3.50. The molecular weight excluding hydrogens is 266 g/mol. The summed E-state index contributed by atoms with van der Waals surface area (Å²) < 4.78 is 27.7. The van der Waals surface area contributed by atoms with Gasteiger partial charge in [0.1, 0.15) is 5.52 Å². The first kappa shape index (κ1) is 13.7. The van der Waals surface area contributed by atoms with E-state index in [0.29, 0.717) is 16.8 Å². The third-order valence-corrected chi connectivity index (χ3v) is 5.27. The molecule has 0 spiro atoms. The minimum absolute atomic E-state index is 0.207. The molecule has 6 nitrogen and oxygen atoms in total. The van der Waals surface area contributed by atoms with Crippen LogP contribution in [0.4, 0.5) is 11.7 Å². The Morgan fingerprint density at radius 2 is 2.11 bits per heavy atom. The van der Waals surface area contributed by atoms with Crippen molar-refractivity contribution in [1.29, 1.82) is 0 Å². The Balaban J connectivity index is 2.22. The van der Waals surface area contributed by atoms with Crippen molar-refractivity contribution >= 4 is 32.6 Å². The Labute approximate surface area is 111 Å². The summed E-state index contributed by atoms with van der Waals surface area (Å²) in [5.74, 6) is 0. The molecule has 3 N–H and O–H groups in total. The second-order valence-corrected chi connectivity index (χ2v) is 7.75. The number of nitrogens with one attached hydrogen (secondary N) is 1. The van der Waals surface area contributed by atoms with Crippen LogP contribution in [-0.4, -0.2) is 30.9 Å². The van der Waals surface area contributed by atoms with Crippen LogP contribution in [-0.2, 0) is 9.84 Å². The van der Waals surface area contributed by atoms with Crippen LogP contribution in [0.2, 0.25) is 0 Å². The molecule has 0 saturated heterocycles. The summed E-state index contributed by atoms with van der Waals surface area (Å²) in [6, 6.07) is 5.53. The van der Waals surface area contributed by atoms with Crippen molar-refractivity contribution in [1.82, 2.24) is 4.98 Å². The number of hydrogen-bond acceptors (Lipinski definition) is 6. The fourth-order valence-electron chi connectivity index (χ4n) is 1.47. The van der Waals surface area contributed by atoms with Gasteiger partial charge in [-0.1, -0.05) is 6.07 Å². The van der Waals surface area contributed by atoms with Crippen LogP contribution in [0.3, 0.4) is 0 Å². The third-order valence-electron chi connectivity index (χ3n) is 3.12. The van der Waals surface area contributed by atoms with Crippen LogP contribution >= 0.6 is 0 Å². The SMILES string of the molecule is CC(C)(CNc1nc2c(N)cccc2o1)S(C)(=O)=O. The summed E-state index contributed by atoms with van der Waals surface area (Å²) in [6.07, 6.45) is 1.21. The van der Waals surface area contributed by atoms with Gasteiger partial charge in [-0.25, -0.2) is 8.42 Å². The van der Waals surface area contributed by atoms with Gasteiger partial charge >= 0.3 is 0 Å². The number of nitrogen functional groups attached to an aromatic ring is 1. The van der Waals surface area contributed by atoms with Crippen molar-refractivity contribution in [2.24, 2.45) is 0 Å². The first-order valence-electron chi connectivity index (χ1n) is 5.79. The fraction of sp³-hybridized carbons (Fsp3) is 0.417. The average Bonchev–Trinajstić information content (AvgIpc) is 2.69. The Hall–Kier alpha value is -1.76. The molecule has 7 heteroatoms. The number of para-hydroxylation sites is 1. The Morgan fingerprint density at radius 1 is 1.42 bits per heavy atom. The summed E-state index contributed by atoms with van der Waals surface area (Å²) in [4.78, 5) is 4.20. The van der Waals surface area contributed by atoms with Gasteiger partial charge in [0.15, 0.2) is 15.4 Å². The third kappa shape index (κ3) is 2.65. The molecule has 0 aliphatic heterocycles. The normalized spacial score (nSPS) is 12.8. The highest BCUT2D eigenvalue weighted by Crippen LogP contribution is 2.24. The molecule has 1 aromatic heterocycles. The van der Waals surface area contributed by atoms with E-state index in [4.69, 9.17) is 10.2 Å². The predicted molar refractivity (Wildman–Crippen MR) is 75.8 cm³/mol. The van der Waals surface area contributed by atoms with E-state index < -0.39 is 14.6 Å². The first-order valence-corrected chi connectivity index (χ1v) is 7.68. The molecule has 0 radical (unpaired) electrons.